The van der Waals surface area contributed by atoms with Gasteiger partial charge in [0.05, 0.1) is 30.4 Å². The minimum atomic E-state index is -0.0770. The standard InChI is InChI=1S/C14H18N2O3S/c1-8(20-5)13-15-10-7-12(19-4)11(18-3)6-9(10)14(17)16(13)2/h6-8H,1-5H3/t8-/m1/s1. The number of methoxy groups -OCH3 is 2. The van der Waals surface area contributed by atoms with Gasteiger partial charge >= 0.3 is 0 Å². The van der Waals surface area contributed by atoms with Crippen LogP contribution in [-0.2, 0) is 7.05 Å². The van der Waals surface area contributed by atoms with E-state index in [-0.39, 0.29) is 10.8 Å². The van der Waals surface area contributed by atoms with Crippen LogP contribution in [0, 0.1) is 0 Å². The third kappa shape index (κ3) is 2.35. The Morgan fingerprint density at radius 1 is 1.25 bits per heavy atom. The van der Waals surface area contributed by atoms with Crippen molar-refractivity contribution in [1.29, 1.82) is 0 Å². The van der Waals surface area contributed by atoms with Gasteiger partial charge in [0, 0.05) is 13.1 Å². The summed E-state index contributed by atoms with van der Waals surface area (Å²) in [6.45, 7) is 2.03. The summed E-state index contributed by atoms with van der Waals surface area (Å²) in [6.07, 6.45) is 2.00. The number of rotatable bonds is 4. The van der Waals surface area contributed by atoms with Crippen molar-refractivity contribution in [2.45, 2.75) is 12.2 Å². The van der Waals surface area contributed by atoms with Crippen LogP contribution in [0.5, 0.6) is 11.5 Å². The highest BCUT2D eigenvalue weighted by molar-refractivity contribution is 7.98. The van der Waals surface area contributed by atoms with Gasteiger partial charge in [-0.3, -0.25) is 9.36 Å². The molecule has 0 amide bonds. The quantitative estimate of drug-likeness (QED) is 0.866. The second-order valence-electron chi connectivity index (χ2n) is 4.44. The lowest BCUT2D eigenvalue weighted by Gasteiger charge is -2.15. The molecule has 1 aromatic carbocycles. The van der Waals surface area contributed by atoms with Gasteiger partial charge < -0.3 is 9.47 Å². The summed E-state index contributed by atoms with van der Waals surface area (Å²) in [6, 6.07) is 3.42. The predicted octanol–water partition coefficient (Wildman–Crippen LogP) is 2.37. The lowest BCUT2D eigenvalue weighted by atomic mass is 10.2. The van der Waals surface area contributed by atoms with Gasteiger partial charge in [-0.05, 0) is 19.2 Å². The first-order valence-electron chi connectivity index (χ1n) is 6.19. The molecule has 6 heteroatoms. The van der Waals surface area contributed by atoms with Crippen LogP contribution in [-0.4, -0.2) is 30.0 Å². The topological polar surface area (TPSA) is 53.4 Å². The molecular weight excluding hydrogens is 276 g/mol. The third-order valence-electron chi connectivity index (χ3n) is 3.33. The smallest absolute Gasteiger partial charge is 0.261 e. The zero-order chi connectivity index (χ0) is 14.9. The molecule has 2 rings (SSSR count). The number of thioether (sulfide) groups is 1. The molecule has 2 aromatic rings. The van der Waals surface area contributed by atoms with Gasteiger partial charge in [0.1, 0.15) is 5.82 Å². The van der Waals surface area contributed by atoms with E-state index in [1.807, 2.05) is 13.2 Å². The molecule has 0 saturated heterocycles. The van der Waals surface area contributed by atoms with E-state index in [4.69, 9.17) is 9.47 Å². The number of aromatic nitrogens is 2. The van der Waals surface area contributed by atoms with E-state index in [1.54, 1.807) is 49.7 Å². The second-order valence-corrected chi connectivity index (χ2v) is 5.61. The Kier molecular flexibility index (Phi) is 4.23. The Morgan fingerprint density at radius 2 is 1.85 bits per heavy atom. The largest absolute Gasteiger partial charge is 0.493 e. The Balaban J connectivity index is 2.80. The lowest BCUT2D eigenvalue weighted by Crippen LogP contribution is -2.23. The van der Waals surface area contributed by atoms with Crippen molar-refractivity contribution in [3.05, 3.63) is 28.3 Å². The summed E-state index contributed by atoms with van der Waals surface area (Å²) < 4.78 is 12.1. The summed E-state index contributed by atoms with van der Waals surface area (Å²) in [5.74, 6) is 1.86. The first kappa shape index (κ1) is 14.7. The average Bonchev–Trinajstić information content (AvgIpc) is 2.48. The normalized spacial score (nSPS) is 12.4. The molecule has 108 valence electrons. The van der Waals surface area contributed by atoms with Crippen molar-refractivity contribution in [2.24, 2.45) is 7.05 Å². The van der Waals surface area contributed by atoms with Crippen LogP contribution in [0.15, 0.2) is 16.9 Å². The van der Waals surface area contributed by atoms with E-state index >= 15 is 0 Å². The Hall–Kier alpha value is -1.69. The monoisotopic (exact) mass is 294 g/mol. The SMILES string of the molecule is COc1cc2nc([C@@H](C)SC)n(C)c(=O)c2cc1OC. The first-order valence-corrected chi connectivity index (χ1v) is 7.47. The van der Waals surface area contributed by atoms with E-state index in [0.29, 0.717) is 22.4 Å². The van der Waals surface area contributed by atoms with Crippen molar-refractivity contribution < 1.29 is 9.47 Å². The molecular formula is C14H18N2O3S. The van der Waals surface area contributed by atoms with Gasteiger partial charge in [0.25, 0.3) is 5.56 Å². The molecule has 0 bridgehead atoms. The van der Waals surface area contributed by atoms with Crippen molar-refractivity contribution >= 4 is 22.7 Å². The molecule has 0 aliphatic rings. The summed E-state index contributed by atoms with van der Waals surface area (Å²) >= 11 is 1.65. The highest BCUT2D eigenvalue weighted by Crippen LogP contribution is 2.31. The number of ether oxygens (including phenoxy) is 2. The van der Waals surface area contributed by atoms with Crippen LogP contribution in [0.3, 0.4) is 0 Å². The van der Waals surface area contributed by atoms with Gasteiger partial charge in [-0.15, -0.1) is 0 Å². The van der Waals surface area contributed by atoms with Crippen molar-refractivity contribution in [2.75, 3.05) is 20.5 Å². The molecule has 0 fully saturated rings. The minimum absolute atomic E-state index is 0.0770. The van der Waals surface area contributed by atoms with Crippen molar-refractivity contribution in [3.8, 4) is 11.5 Å². The molecule has 0 unspecified atom stereocenters. The molecule has 0 N–H and O–H groups in total. The van der Waals surface area contributed by atoms with Gasteiger partial charge in [-0.1, -0.05) is 0 Å². The van der Waals surface area contributed by atoms with E-state index < -0.39 is 0 Å². The fourth-order valence-electron chi connectivity index (χ4n) is 2.08. The highest BCUT2D eigenvalue weighted by Gasteiger charge is 2.16. The van der Waals surface area contributed by atoms with E-state index in [2.05, 4.69) is 4.98 Å². The number of hydrogen-bond donors (Lipinski definition) is 0. The predicted molar refractivity (Wildman–Crippen MR) is 82.0 cm³/mol. The van der Waals surface area contributed by atoms with Crippen molar-refractivity contribution in [3.63, 3.8) is 0 Å². The maximum absolute atomic E-state index is 12.5. The van der Waals surface area contributed by atoms with E-state index in [1.165, 1.54) is 0 Å². The lowest BCUT2D eigenvalue weighted by molar-refractivity contribution is 0.355. The summed E-state index contributed by atoms with van der Waals surface area (Å²) in [7, 11) is 4.86. The molecule has 0 spiro atoms. The number of benzene rings is 1. The van der Waals surface area contributed by atoms with E-state index in [0.717, 1.165) is 5.82 Å². The van der Waals surface area contributed by atoms with Crippen LogP contribution in [0.25, 0.3) is 10.9 Å². The maximum atomic E-state index is 12.5. The second kappa shape index (κ2) is 5.75. The summed E-state index contributed by atoms with van der Waals surface area (Å²) in [4.78, 5) is 17.1. The number of hydrogen-bond acceptors (Lipinski definition) is 5. The Labute approximate surface area is 121 Å². The molecule has 0 aliphatic heterocycles. The van der Waals surface area contributed by atoms with Crippen molar-refractivity contribution in [1.82, 2.24) is 9.55 Å². The maximum Gasteiger partial charge on any atom is 0.261 e. The fraction of sp³-hybridized carbons (Fsp3) is 0.429. The van der Waals surface area contributed by atoms with Crippen LogP contribution in [0.4, 0.5) is 0 Å². The van der Waals surface area contributed by atoms with Crippen LogP contribution in [0.2, 0.25) is 0 Å². The summed E-state index contributed by atoms with van der Waals surface area (Å²) in [5.41, 5.74) is 0.550. The third-order valence-corrected chi connectivity index (χ3v) is 4.25. The number of fused-ring (bicyclic) bond motifs is 1. The highest BCUT2D eigenvalue weighted by atomic mass is 32.2. The van der Waals surface area contributed by atoms with Gasteiger partial charge in [0.2, 0.25) is 0 Å². The minimum Gasteiger partial charge on any atom is -0.493 e. The van der Waals surface area contributed by atoms with Gasteiger partial charge in [-0.25, -0.2) is 4.98 Å². The van der Waals surface area contributed by atoms with Gasteiger partial charge in [0.15, 0.2) is 11.5 Å². The molecule has 0 aliphatic carbocycles. The molecule has 0 radical (unpaired) electrons. The van der Waals surface area contributed by atoms with Crippen LogP contribution < -0.4 is 15.0 Å². The van der Waals surface area contributed by atoms with Crippen LogP contribution >= 0.6 is 11.8 Å². The first-order chi connectivity index (χ1) is 9.53. The molecule has 1 atom stereocenters. The average molecular weight is 294 g/mol. The fourth-order valence-corrected chi connectivity index (χ4v) is 2.51. The Bertz CT molecular complexity index is 697. The van der Waals surface area contributed by atoms with Gasteiger partial charge in [-0.2, -0.15) is 11.8 Å². The van der Waals surface area contributed by atoms with Crippen LogP contribution in [0.1, 0.15) is 18.0 Å². The molecule has 1 heterocycles. The zero-order valence-corrected chi connectivity index (χ0v) is 13.1. The molecule has 1 aromatic heterocycles. The molecule has 20 heavy (non-hydrogen) atoms. The zero-order valence-electron chi connectivity index (χ0n) is 12.3. The Morgan fingerprint density at radius 3 is 2.40 bits per heavy atom. The van der Waals surface area contributed by atoms with E-state index in [9.17, 15) is 4.79 Å². The molecule has 5 nitrogen and oxygen atoms in total. The molecule has 0 saturated carbocycles. The number of nitrogens with zero attached hydrogens (tertiary/aromatic N) is 2. The summed E-state index contributed by atoms with van der Waals surface area (Å²) in [5, 5.41) is 0.674.